The van der Waals surface area contributed by atoms with Gasteiger partial charge in [-0.3, -0.25) is 0 Å². The highest BCUT2D eigenvalue weighted by molar-refractivity contribution is 9.09. The van der Waals surface area contributed by atoms with Gasteiger partial charge in [-0.2, -0.15) is 0 Å². The molecule has 0 saturated heterocycles. The average molecular weight is 281 g/mol. The maximum Gasteiger partial charge on any atom is 0.151 e. The third-order valence-corrected chi connectivity index (χ3v) is 3.16. The van der Waals surface area contributed by atoms with Crippen LogP contribution in [0.2, 0.25) is 0 Å². The lowest BCUT2D eigenvalue weighted by molar-refractivity contribution is -0.0466. The lowest BCUT2D eigenvalue weighted by atomic mass is 10.1. The molecule has 0 saturated carbocycles. The van der Waals surface area contributed by atoms with E-state index >= 15 is 0 Å². The minimum Gasteiger partial charge on any atom is -0.368 e. The summed E-state index contributed by atoms with van der Waals surface area (Å²) in [5.41, 5.74) is 0. The highest BCUT2D eigenvalue weighted by atomic mass is 79.9. The molecule has 0 aliphatic heterocycles. The van der Waals surface area contributed by atoms with Crippen LogP contribution in [-0.2, 0) is 0 Å². The molecule has 0 radical (unpaired) electrons. The molecular formula is C12H25BrO2. The highest BCUT2D eigenvalue weighted by Gasteiger charge is 1.96. The molecule has 3 heteroatoms. The SMILES string of the molecule is OC(O)CCCCCCCCCCCBr. The second-order valence-corrected chi connectivity index (χ2v) is 4.93. The lowest BCUT2D eigenvalue weighted by Gasteiger charge is -2.03. The zero-order valence-corrected chi connectivity index (χ0v) is 11.2. The van der Waals surface area contributed by atoms with Crippen LogP contribution in [0.5, 0.6) is 0 Å². The summed E-state index contributed by atoms with van der Waals surface area (Å²) in [4.78, 5) is 0. The zero-order chi connectivity index (χ0) is 11.4. The number of rotatable bonds is 11. The molecule has 0 heterocycles. The first-order valence-corrected chi connectivity index (χ1v) is 7.31. The molecule has 0 spiro atoms. The van der Waals surface area contributed by atoms with Crippen molar-refractivity contribution in [2.24, 2.45) is 0 Å². The van der Waals surface area contributed by atoms with Gasteiger partial charge in [0.25, 0.3) is 0 Å². The molecule has 0 aromatic carbocycles. The minimum absolute atomic E-state index is 0.533. The van der Waals surface area contributed by atoms with E-state index in [1.165, 1.54) is 44.9 Å². The lowest BCUT2D eigenvalue weighted by Crippen LogP contribution is -2.02. The summed E-state index contributed by atoms with van der Waals surface area (Å²) in [6.07, 6.45) is 10.8. The monoisotopic (exact) mass is 280 g/mol. The van der Waals surface area contributed by atoms with Crippen molar-refractivity contribution in [2.45, 2.75) is 70.5 Å². The summed E-state index contributed by atoms with van der Waals surface area (Å²) in [5, 5.41) is 18.4. The second kappa shape index (κ2) is 12.5. The van der Waals surface area contributed by atoms with E-state index in [0.29, 0.717) is 6.42 Å². The van der Waals surface area contributed by atoms with E-state index in [-0.39, 0.29) is 0 Å². The maximum absolute atomic E-state index is 8.63. The molecule has 0 unspecified atom stereocenters. The van der Waals surface area contributed by atoms with Crippen molar-refractivity contribution >= 4 is 15.9 Å². The topological polar surface area (TPSA) is 40.5 Å². The van der Waals surface area contributed by atoms with Gasteiger partial charge in [-0.05, 0) is 19.3 Å². The molecule has 0 aromatic heterocycles. The fraction of sp³-hybridized carbons (Fsp3) is 1.00. The molecule has 15 heavy (non-hydrogen) atoms. The summed E-state index contributed by atoms with van der Waals surface area (Å²) in [6, 6.07) is 0. The zero-order valence-electron chi connectivity index (χ0n) is 9.63. The Bertz CT molecular complexity index is 118. The number of halogens is 1. The third-order valence-electron chi connectivity index (χ3n) is 2.60. The number of aliphatic hydroxyl groups excluding tert-OH is 1. The first kappa shape index (κ1) is 15.4. The molecule has 2 nitrogen and oxygen atoms in total. The minimum atomic E-state index is -1.10. The van der Waals surface area contributed by atoms with Crippen LogP contribution in [0.25, 0.3) is 0 Å². The van der Waals surface area contributed by atoms with Gasteiger partial charge >= 0.3 is 0 Å². The molecule has 2 N–H and O–H groups in total. The van der Waals surface area contributed by atoms with E-state index in [9.17, 15) is 0 Å². The normalized spacial score (nSPS) is 11.2. The Morgan fingerprint density at radius 3 is 1.47 bits per heavy atom. The van der Waals surface area contributed by atoms with Gasteiger partial charge in [0.2, 0.25) is 0 Å². The van der Waals surface area contributed by atoms with E-state index in [0.717, 1.165) is 18.2 Å². The number of aliphatic hydroxyl groups is 2. The summed E-state index contributed by atoms with van der Waals surface area (Å²) in [5.74, 6) is 0. The van der Waals surface area contributed by atoms with E-state index in [1.807, 2.05) is 0 Å². The Morgan fingerprint density at radius 2 is 1.07 bits per heavy atom. The van der Waals surface area contributed by atoms with Gasteiger partial charge in [0, 0.05) is 5.33 Å². The molecule has 0 rings (SSSR count). The van der Waals surface area contributed by atoms with Crippen LogP contribution in [0.1, 0.15) is 64.2 Å². The quantitative estimate of drug-likeness (QED) is 0.345. The largest absolute Gasteiger partial charge is 0.368 e. The van der Waals surface area contributed by atoms with E-state index < -0.39 is 6.29 Å². The number of hydrogen-bond acceptors (Lipinski definition) is 2. The van der Waals surface area contributed by atoms with Crippen molar-refractivity contribution in [1.82, 2.24) is 0 Å². The van der Waals surface area contributed by atoms with Gasteiger partial charge in [-0.15, -0.1) is 0 Å². The average Bonchev–Trinajstić information content (AvgIpc) is 2.20. The Hall–Kier alpha value is 0.400. The Labute approximate surface area is 102 Å². The fourth-order valence-corrected chi connectivity index (χ4v) is 2.06. The van der Waals surface area contributed by atoms with Crippen LogP contribution in [0, 0.1) is 0 Å². The van der Waals surface area contributed by atoms with E-state index in [4.69, 9.17) is 10.2 Å². The Balaban J connectivity index is 2.87. The van der Waals surface area contributed by atoms with Crippen molar-refractivity contribution in [2.75, 3.05) is 5.33 Å². The van der Waals surface area contributed by atoms with Gasteiger partial charge in [0.15, 0.2) is 6.29 Å². The van der Waals surface area contributed by atoms with Crippen LogP contribution < -0.4 is 0 Å². The van der Waals surface area contributed by atoms with Crippen molar-refractivity contribution in [3.8, 4) is 0 Å². The summed E-state index contributed by atoms with van der Waals surface area (Å²) in [7, 11) is 0. The van der Waals surface area contributed by atoms with Crippen molar-refractivity contribution < 1.29 is 10.2 Å². The fourth-order valence-electron chi connectivity index (χ4n) is 1.66. The van der Waals surface area contributed by atoms with Crippen LogP contribution in [0.15, 0.2) is 0 Å². The van der Waals surface area contributed by atoms with Gasteiger partial charge in [0.1, 0.15) is 0 Å². The van der Waals surface area contributed by atoms with Crippen molar-refractivity contribution in [3.05, 3.63) is 0 Å². The molecule has 0 atom stereocenters. The molecule has 0 bridgehead atoms. The predicted octanol–water partition coefficient (Wildman–Crippen LogP) is 3.59. The Morgan fingerprint density at radius 1 is 0.667 bits per heavy atom. The van der Waals surface area contributed by atoms with Crippen molar-refractivity contribution in [1.29, 1.82) is 0 Å². The first-order valence-electron chi connectivity index (χ1n) is 6.19. The molecule has 0 amide bonds. The molecule has 0 aliphatic carbocycles. The van der Waals surface area contributed by atoms with Gasteiger partial charge < -0.3 is 10.2 Å². The smallest absolute Gasteiger partial charge is 0.151 e. The predicted molar refractivity (Wildman–Crippen MR) is 68.2 cm³/mol. The van der Waals surface area contributed by atoms with Crippen LogP contribution in [0.4, 0.5) is 0 Å². The first-order chi connectivity index (χ1) is 7.27. The molecular weight excluding hydrogens is 256 g/mol. The number of hydrogen-bond donors (Lipinski definition) is 2. The Kier molecular flexibility index (Phi) is 12.8. The molecule has 0 aromatic rings. The van der Waals surface area contributed by atoms with Crippen LogP contribution >= 0.6 is 15.9 Å². The van der Waals surface area contributed by atoms with Gasteiger partial charge in [0.05, 0.1) is 0 Å². The molecule has 0 fully saturated rings. The van der Waals surface area contributed by atoms with E-state index in [2.05, 4.69) is 15.9 Å². The van der Waals surface area contributed by atoms with E-state index in [1.54, 1.807) is 0 Å². The van der Waals surface area contributed by atoms with Crippen LogP contribution in [-0.4, -0.2) is 21.8 Å². The number of alkyl halides is 1. The van der Waals surface area contributed by atoms with Crippen LogP contribution in [0.3, 0.4) is 0 Å². The summed E-state index contributed by atoms with van der Waals surface area (Å²) >= 11 is 3.43. The molecule has 92 valence electrons. The van der Waals surface area contributed by atoms with Gasteiger partial charge in [-0.25, -0.2) is 0 Å². The molecule has 0 aliphatic rings. The second-order valence-electron chi connectivity index (χ2n) is 4.14. The summed E-state index contributed by atoms with van der Waals surface area (Å²) < 4.78 is 0. The number of unbranched alkanes of at least 4 members (excludes halogenated alkanes) is 8. The summed E-state index contributed by atoms with van der Waals surface area (Å²) in [6.45, 7) is 0. The highest BCUT2D eigenvalue weighted by Crippen LogP contribution is 2.11. The van der Waals surface area contributed by atoms with Gasteiger partial charge in [-0.1, -0.05) is 60.9 Å². The maximum atomic E-state index is 8.63. The standard InChI is InChI=1S/C12H25BrO2/c13-11-9-7-5-3-1-2-4-6-8-10-12(14)15/h12,14-15H,1-11H2. The third kappa shape index (κ3) is 14.4. The van der Waals surface area contributed by atoms with Crippen molar-refractivity contribution in [3.63, 3.8) is 0 Å².